The first-order chi connectivity index (χ1) is 10.2. The van der Waals surface area contributed by atoms with Gasteiger partial charge in [-0.05, 0) is 46.8 Å². The summed E-state index contributed by atoms with van der Waals surface area (Å²) in [5.41, 5.74) is 0. The summed E-state index contributed by atoms with van der Waals surface area (Å²) < 4.78 is 0. The zero-order chi connectivity index (χ0) is 15.8. The van der Waals surface area contributed by atoms with Crippen LogP contribution in [0, 0.1) is 0 Å². The maximum absolute atomic E-state index is 4.61. The fraction of sp³-hybridized carbons (Fsp3) is 0.941. The minimum absolute atomic E-state index is 0. The van der Waals surface area contributed by atoms with Crippen LogP contribution in [0.5, 0.6) is 0 Å². The summed E-state index contributed by atoms with van der Waals surface area (Å²) in [6.45, 7) is 8.47. The van der Waals surface area contributed by atoms with Gasteiger partial charge in [-0.2, -0.15) is 0 Å². The van der Waals surface area contributed by atoms with Crippen molar-refractivity contribution in [2.24, 2.45) is 4.99 Å². The largest absolute Gasteiger partial charge is 0.357 e. The molecule has 0 aromatic carbocycles. The Morgan fingerprint density at radius 2 is 1.55 bits per heavy atom. The first-order valence-electron chi connectivity index (χ1n) is 8.87. The van der Waals surface area contributed by atoms with E-state index in [2.05, 4.69) is 48.5 Å². The third-order valence-electron chi connectivity index (χ3n) is 3.45. The van der Waals surface area contributed by atoms with Crippen LogP contribution in [-0.2, 0) is 0 Å². The molecule has 0 aromatic rings. The molecule has 0 aliphatic rings. The number of guanidine groups is 1. The maximum atomic E-state index is 4.61. The van der Waals surface area contributed by atoms with E-state index in [0.717, 1.165) is 25.6 Å². The molecule has 0 amide bonds. The molecule has 0 rings (SSSR count). The Hall–Kier alpha value is -0.0400. The van der Waals surface area contributed by atoms with E-state index >= 15 is 0 Å². The van der Waals surface area contributed by atoms with Crippen LogP contribution in [0.15, 0.2) is 4.99 Å². The molecule has 0 aromatic heterocycles. The molecule has 0 bridgehead atoms. The smallest absolute Gasteiger partial charge is 0.191 e. The summed E-state index contributed by atoms with van der Waals surface area (Å²) in [7, 11) is 4.29. The van der Waals surface area contributed by atoms with Gasteiger partial charge in [0, 0.05) is 19.6 Å². The lowest BCUT2D eigenvalue weighted by Gasteiger charge is -2.11. The van der Waals surface area contributed by atoms with Gasteiger partial charge in [0.1, 0.15) is 0 Å². The molecule has 0 aliphatic carbocycles. The van der Waals surface area contributed by atoms with Crippen LogP contribution in [-0.4, -0.2) is 51.1 Å². The molecule has 2 N–H and O–H groups in total. The third-order valence-corrected chi connectivity index (χ3v) is 3.45. The Morgan fingerprint density at radius 3 is 2.18 bits per heavy atom. The molecule has 4 nitrogen and oxygen atoms in total. The van der Waals surface area contributed by atoms with Crippen molar-refractivity contribution in [3.8, 4) is 0 Å². The molecule has 0 atom stereocenters. The van der Waals surface area contributed by atoms with Crippen molar-refractivity contribution < 1.29 is 0 Å². The summed E-state index contributed by atoms with van der Waals surface area (Å²) in [5.74, 6) is 0.987. The van der Waals surface area contributed by atoms with Gasteiger partial charge in [-0.3, -0.25) is 4.99 Å². The monoisotopic (exact) mass is 426 g/mol. The van der Waals surface area contributed by atoms with Gasteiger partial charge in [0.25, 0.3) is 0 Å². The van der Waals surface area contributed by atoms with Gasteiger partial charge in [0.05, 0.1) is 0 Å². The van der Waals surface area contributed by atoms with Crippen LogP contribution in [0.1, 0.15) is 65.2 Å². The van der Waals surface area contributed by atoms with Crippen LogP contribution in [0.3, 0.4) is 0 Å². The highest BCUT2D eigenvalue weighted by atomic mass is 127. The van der Waals surface area contributed by atoms with Crippen LogP contribution in [0.2, 0.25) is 0 Å². The van der Waals surface area contributed by atoms with Gasteiger partial charge >= 0.3 is 0 Å². The summed E-state index contributed by atoms with van der Waals surface area (Å²) >= 11 is 0. The Morgan fingerprint density at radius 1 is 0.864 bits per heavy atom. The maximum Gasteiger partial charge on any atom is 0.191 e. The molecular formula is C17H39IN4. The second-order valence-corrected chi connectivity index (χ2v) is 5.97. The van der Waals surface area contributed by atoms with Crippen LogP contribution >= 0.6 is 24.0 Å². The minimum atomic E-state index is 0. The van der Waals surface area contributed by atoms with Gasteiger partial charge in [-0.25, -0.2) is 0 Å². The fourth-order valence-electron chi connectivity index (χ4n) is 2.18. The average Bonchev–Trinajstić information content (AvgIpc) is 2.45. The third kappa shape index (κ3) is 18.0. The molecule has 0 saturated heterocycles. The van der Waals surface area contributed by atoms with Crippen molar-refractivity contribution in [1.82, 2.24) is 15.5 Å². The lowest BCUT2D eigenvalue weighted by molar-refractivity contribution is 0.389. The number of rotatable bonds is 13. The quantitative estimate of drug-likeness (QED) is 0.203. The fourth-order valence-corrected chi connectivity index (χ4v) is 2.18. The molecule has 0 heterocycles. The van der Waals surface area contributed by atoms with E-state index in [1.165, 1.54) is 57.9 Å². The molecule has 0 fully saturated rings. The number of hydrogen-bond donors (Lipinski definition) is 2. The Kier molecular flexibility index (Phi) is 20.9. The number of halogens is 1. The van der Waals surface area contributed by atoms with Crippen molar-refractivity contribution in [2.75, 3.05) is 40.3 Å². The van der Waals surface area contributed by atoms with E-state index in [9.17, 15) is 0 Å². The molecular weight excluding hydrogens is 387 g/mol. The molecule has 0 saturated carbocycles. The van der Waals surface area contributed by atoms with Gasteiger partial charge in [0.2, 0.25) is 0 Å². The first kappa shape index (κ1) is 24.2. The number of hydrogen-bond acceptors (Lipinski definition) is 2. The lowest BCUT2D eigenvalue weighted by atomic mass is 10.1. The Labute approximate surface area is 155 Å². The minimum Gasteiger partial charge on any atom is -0.357 e. The SMILES string of the molecule is CCCCCN=C(NCC)NCCCCCCCN(C)C.I. The zero-order valence-corrected chi connectivity index (χ0v) is 17.6. The number of unbranched alkanes of at least 4 members (excludes halogenated alkanes) is 6. The molecule has 0 radical (unpaired) electrons. The second kappa shape index (κ2) is 19.0. The first-order valence-corrected chi connectivity index (χ1v) is 8.87. The van der Waals surface area contributed by atoms with Gasteiger partial charge in [-0.15, -0.1) is 24.0 Å². The number of nitrogens with one attached hydrogen (secondary N) is 2. The van der Waals surface area contributed by atoms with Gasteiger partial charge in [0.15, 0.2) is 5.96 Å². The van der Waals surface area contributed by atoms with Crippen LogP contribution in [0.25, 0.3) is 0 Å². The molecule has 0 unspecified atom stereocenters. The molecule has 0 aliphatic heterocycles. The summed E-state index contributed by atoms with van der Waals surface area (Å²) in [6.07, 6.45) is 10.3. The predicted molar refractivity (Wildman–Crippen MR) is 111 cm³/mol. The van der Waals surface area contributed by atoms with E-state index in [0.29, 0.717) is 0 Å². The normalized spacial score (nSPS) is 11.4. The van der Waals surface area contributed by atoms with Crippen LogP contribution in [0.4, 0.5) is 0 Å². The number of nitrogens with zero attached hydrogens (tertiary/aromatic N) is 2. The summed E-state index contributed by atoms with van der Waals surface area (Å²) in [5, 5.41) is 6.75. The van der Waals surface area contributed by atoms with Crippen LogP contribution < -0.4 is 10.6 Å². The second-order valence-electron chi connectivity index (χ2n) is 5.97. The Bertz CT molecular complexity index is 245. The summed E-state index contributed by atoms with van der Waals surface area (Å²) in [4.78, 5) is 6.87. The molecule has 5 heteroatoms. The van der Waals surface area contributed by atoms with Gasteiger partial charge < -0.3 is 15.5 Å². The standard InChI is InChI=1S/C17H38N4.HI/c1-5-7-11-14-19-17(18-6-2)20-15-12-9-8-10-13-16-21(3)4;/h5-16H2,1-4H3,(H2,18,19,20);1H. The van der Waals surface area contributed by atoms with Crippen molar-refractivity contribution in [1.29, 1.82) is 0 Å². The molecule has 22 heavy (non-hydrogen) atoms. The van der Waals surface area contributed by atoms with Crippen molar-refractivity contribution in [2.45, 2.75) is 65.2 Å². The molecule has 134 valence electrons. The van der Waals surface area contributed by atoms with E-state index in [1.807, 2.05) is 0 Å². The molecule has 0 spiro atoms. The van der Waals surface area contributed by atoms with Crippen molar-refractivity contribution in [3.63, 3.8) is 0 Å². The Balaban J connectivity index is 0. The highest BCUT2D eigenvalue weighted by molar-refractivity contribution is 14.0. The highest BCUT2D eigenvalue weighted by Gasteiger charge is 1.97. The van der Waals surface area contributed by atoms with E-state index < -0.39 is 0 Å². The van der Waals surface area contributed by atoms with Crippen molar-refractivity contribution in [3.05, 3.63) is 0 Å². The number of aliphatic imine (C=N–C) groups is 1. The van der Waals surface area contributed by atoms with Gasteiger partial charge in [-0.1, -0.05) is 39.0 Å². The predicted octanol–water partition coefficient (Wildman–Crippen LogP) is 3.86. The van der Waals surface area contributed by atoms with E-state index in [4.69, 9.17) is 0 Å². The van der Waals surface area contributed by atoms with Crippen molar-refractivity contribution >= 4 is 29.9 Å². The summed E-state index contributed by atoms with van der Waals surface area (Å²) in [6, 6.07) is 0. The zero-order valence-electron chi connectivity index (χ0n) is 15.3. The topological polar surface area (TPSA) is 39.7 Å². The van der Waals surface area contributed by atoms with E-state index in [-0.39, 0.29) is 24.0 Å². The average molecular weight is 426 g/mol. The lowest BCUT2D eigenvalue weighted by Crippen LogP contribution is -2.37. The highest BCUT2D eigenvalue weighted by Crippen LogP contribution is 2.02. The van der Waals surface area contributed by atoms with E-state index in [1.54, 1.807) is 0 Å².